The van der Waals surface area contributed by atoms with Gasteiger partial charge in [-0.2, -0.15) is 0 Å². The first kappa shape index (κ1) is 30.5. The Kier molecular flexibility index (Phi) is 7.44. The van der Waals surface area contributed by atoms with Crippen LogP contribution in [0.3, 0.4) is 0 Å². The minimum atomic E-state index is 0.661. The number of nitrogens with zero attached hydrogens (tertiary/aromatic N) is 2. The number of rotatable bonds is 6. The molecule has 0 atom stereocenters. The zero-order chi connectivity index (χ0) is 34.5. The van der Waals surface area contributed by atoms with Crippen LogP contribution in [0.15, 0.2) is 152 Å². The van der Waals surface area contributed by atoms with Crippen LogP contribution in [-0.4, -0.2) is 24.2 Å². The maximum absolute atomic E-state index is 5.97. The van der Waals surface area contributed by atoms with E-state index in [4.69, 9.17) is 19.4 Å². The smallest absolute Gasteiger partial charge is 0.128 e. The van der Waals surface area contributed by atoms with E-state index in [2.05, 4.69) is 140 Å². The van der Waals surface area contributed by atoms with Crippen molar-refractivity contribution < 1.29 is 9.47 Å². The van der Waals surface area contributed by atoms with Gasteiger partial charge in [0, 0.05) is 11.1 Å². The average Bonchev–Trinajstić information content (AvgIpc) is 3.18. The zero-order valence-corrected chi connectivity index (χ0v) is 28.6. The van der Waals surface area contributed by atoms with Gasteiger partial charge >= 0.3 is 0 Å². The number of methoxy groups -OCH3 is 2. The summed E-state index contributed by atoms with van der Waals surface area (Å²) in [5.41, 5.74) is 7.93. The van der Waals surface area contributed by atoms with E-state index in [1.807, 2.05) is 19.1 Å². The molecule has 0 aliphatic rings. The van der Waals surface area contributed by atoms with Gasteiger partial charge in [0.15, 0.2) is 0 Å². The highest BCUT2D eigenvalue weighted by Gasteiger charge is 2.19. The van der Waals surface area contributed by atoms with Crippen LogP contribution in [0.2, 0.25) is 0 Å². The molecule has 0 radical (unpaired) electrons. The lowest BCUT2D eigenvalue weighted by atomic mass is 9.90. The van der Waals surface area contributed by atoms with Crippen molar-refractivity contribution in [1.82, 2.24) is 9.97 Å². The SMILES string of the molecule is COc1ccc(-c2c3ccccc3cc3ccccc23)cc1-c1cc(-c2cc(-c3c4ccccc4cc4ccccc34)ccc2OC)nc(C)n1. The third kappa shape index (κ3) is 5.24. The maximum atomic E-state index is 5.97. The van der Waals surface area contributed by atoms with Crippen molar-refractivity contribution in [2.24, 2.45) is 0 Å². The van der Waals surface area contributed by atoms with Crippen molar-refractivity contribution in [3.05, 3.63) is 157 Å². The molecule has 0 amide bonds. The highest BCUT2D eigenvalue weighted by atomic mass is 16.5. The summed E-state index contributed by atoms with van der Waals surface area (Å²) in [5.74, 6) is 2.15. The summed E-state index contributed by atoms with van der Waals surface area (Å²) < 4.78 is 11.9. The molecular formula is C47H34N2O2. The molecule has 4 heteroatoms. The molecule has 0 saturated carbocycles. The third-order valence-electron chi connectivity index (χ3n) is 9.91. The van der Waals surface area contributed by atoms with E-state index in [0.717, 1.165) is 45.1 Å². The van der Waals surface area contributed by atoms with Crippen LogP contribution in [0.25, 0.3) is 87.9 Å². The van der Waals surface area contributed by atoms with Gasteiger partial charge in [-0.05, 0) is 115 Å². The van der Waals surface area contributed by atoms with E-state index in [1.54, 1.807) is 14.2 Å². The van der Waals surface area contributed by atoms with E-state index in [-0.39, 0.29) is 0 Å². The van der Waals surface area contributed by atoms with E-state index < -0.39 is 0 Å². The number of hydrogen-bond donors (Lipinski definition) is 0. The Morgan fingerprint density at radius 2 is 0.745 bits per heavy atom. The van der Waals surface area contributed by atoms with Crippen molar-refractivity contribution in [3.8, 4) is 56.3 Å². The topological polar surface area (TPSA) is 44.2 Å². The van der Waals surface area contributed by atoms with Gasteiger partial charge in [0.25, 0.3) is 0 Å². The minimum Gasteiger partial charge on any atom is -0.496 e. The molecule has 0 saturated heterocycles. The van der Waals surface area contributed by atoms with E-state index in [1.165, 1.54) is 54.2 Å². The standard InChI is InChI=1S/C47H34N2O2/c1-29-48-42(40-26-34(20-22-44(40)50-2)46-36-16-8-4-12-30(36)24-31-13-5-9-17-37(31)46)28-43(49-29)41-27-35(21-23-45(41)51-3)47-38-18-10-6-14-32(38)25-33-15-7-11-19-39(33)47/h4-28H,1-3H3. The molecule has 244 valence electrons. The van der Waals surface area contributed by atoms with Crippen LogP contribution >= 0.6 is 0 Å². The molecule has 9 aromatic rings. The normalized spacial score (nSPS) is 11.4. The molecule has 0 spiro atoms. The number of fused-ring (bicyclic) bond motifs is 4. The average molecular weight is 659 g/mol. The zero-order valence-electron chi connectivity index (χ0n) is 28.6. The van der Waals surface area contributed by atoms with Gasteiger partial charge in [0.2, 0.25) is 0 Å². The van der Waals surface area contributed by atoms with Crippen molar-refractivity contribution in [2.45, 2.75) is 6.92 Å². The van der Waals surface area contributed by atoms with Crippen LogP contribution in [-0.2, 0) is 0 Å². The molecular weight excluding hydrogens is 625 g/mol. The van der Waals surface area contributed by atoms with Crippen molar-refractivity contribution in [1.29, 1.82) is 0 Å². The van der Waals surface area contributed by atoms with Crippen molar-refractivity contribution in [2.75, 3.05) is 14.2 Å². The molecule has 51 heavy (non-hydrogen) atoms. The van der Waals surface area contributed by atoms with E-state index in [0.29, 0.717) is 5.82 Å². The van der Waals surface area contributed by atoms with Crippen LogP contribution in [0, 0.1) is 6.92 Å². The van der Waals surface area contributed by atoms with Gasteiger partial charge < -0.3 is 9.47 Å². The summed E-state index contributed by atoms with van der Waals surface area (Å²) in [6.07, 6.45) is 0. The summed E-state index contributed by atoms with van der Waals surface area (Å²) in [7, 11) is 3.42. The molecule has 8 aromatic carbocycles. The maximum Gasteiger partial charge on any atom is 0.128 e. The Hall–Kier alpha value is -6.52. The lowest BCUT2D eigenvalue weighted by Gasteiger charge is -2.17. The number of aromatic nitrogens is 2. The summed E-state index contributed by atoms with van der Waals surface area (Å²) in [5, 5.41) is 9.63. The van der Waals surface area contributed by atoms with E-state index in [9.17, 15) is 0 Å². The second-order valence-electron chi connectivity index (χ2n) is 12.9. The number of benzene rings is 8. The quantitative estimate of drug-likeness (QED) is 0.167. The van der Waals surface area contributed by atoms with Gasteiger partial charge in [-0.15, -0.1) is 0 Å². The summed E-state index contributed by atoms with van der Waals surface area (Å²) in [6, 6.07) is 53.7. The van der Waals surface area contributed by atoms with Crippen LogP contribution in [0.4, 0.5) is 0 Å². The molecule has 0 bridgehead atoms. The highest BCUT2D eigenvalue weighted by Crippen LogP contribution is 2.43. The first-order chi connectivity index (χ1) is 25.1. The number of hydrogen-bond acceptors (Lipinski definition) is 4. The van der Waals surface area contributed by atoms with Crippen LogP contribution in [0.1, 0.15) is 5.82 Å². The Bertz CT molecular complexity index is 2510. The predicted molar refractivity (Wildman–Crippen MR) is 212 cm³/mol. The minimum absolute atomic E-state index is 0.661. The Balaban J connectivity index is 1.24. The predicted octanol–water partition coefficient (Wildman–Crippen LogP) is 12.1. The summed E-state index contributed by atoms with van der Waals surface area (Å²) in [4.78, 5) is 9.97. The monoisotopic (exact) mass is 658 g/mol. The molecule has 9 rings (SSSR count). The lowest BCUT2D eigenvalue weighted by molar-refractivity contribution is 0.416. The molecule has 1 aromatic heterocycles. The van der Waals surface area contributed by atoms with Crippen molar-refractivity contribution >= 4 is 43.1 Å². The number of aryl methyl sites for hydroxylation is 1. The second-order valence-corrected chi connectivity index (χ2v) is 12.9. The number of ether oxygens (including phenoxy) is 2. The van der Waals surface area contributed by atoms with Gasteiger partial charge in [-0.1, -0.05) is 109 Å². The van der Waals surface area contributed by atoms with E-state index >= 15 is 0 Å². The summed E-state index contributed by atoms with van der Waals surface area (Å²) >= 11 is 0. The molecule has 1 heterocycles. The largest absolute Gasteiger partial charge is 0.496 e. The van der Waals surface area contributed by atoms with Gasteiger partial charge in [0.05, 0.1) is 25.6 Å². The van der Waals surface area contributed by atoms with Gasteiger partial charge in [0.1, 0.15) is 17.3 Å². The Morgan fingerprint density at radius 1 is 0.392 bits per heavy atom. The molecule has 0 fully saturated rings. The molecule has 0 aliphatic heterocycles. The first-order valence-corrected chi connectivity index (χ1v) is 17.1. The molecule has 4 nitrogen and oxygen atoms in total. The highest BCUT2D eigenvalue weighted by molar-refractivity contribution is 6.14. The van der Waals surface area contributed by atoms with Gasteiger partial charge in [-0.25, -0.2) is 9.97 Å². The summed E-state index contributed by atoms with van der Waals surface area (Å²) in [6.45, 7) is 1.94. The fourth-order valence-electron chi connectivity index (χ4n) is 7.62. The lowest BCUT2D eigenvalue weighted by Crippen LogP contribution is -1.99. The van der Waals surface area contributed by atoms with Crippen LogP contribution < -0.4 is 9.47 Å². The van der Waals surface area contributed by atoms with Crippen molar-refractivity contribution in [3.63, 3.8) is 0 Å². The second kappa shape index (κ2) is 12.4. The fourth-order valence-corrected chi connectivity index (χ4v) is 7.62. The molecule has 0 aliphatic carbocycles. The van der Waals surface area contributed by atoms with Gasteiger partial charge in [-0.3, -0.25) is 0 Å². The Labute approximate surface area is 296 Å². The molecule has 0 unspecified atom stereocenters. The third-order valence-corrected chi connectivity index (χ3v) is 9.91. The Morgan fingerprint density at radius 3 is 1.10 bits per heavy atom. The van der Waals surface area contributed by atoms with Crippen LogP contribution in [0.5, 0.6) is 11.5 Å². The first-order valence-electron chi connectivity index (χ1n) is 17.1. The molecule has 0 N–H and O–H groups in total. The fraction of sp³-hybridized carbons (Fsp3) is 0.0638.